The Hall–Kier alpha value is -2.50. The van der Waals surface area contributed by atoms with Crippen molar-refractivity contribution in [2.24, 2.45) is 0 Å². The largest absolute Gasteiger partial charge is 0.508 e. The predicted octanol–water partition coefficient (Wildman–Crippen LogP) is 3.63. The molecule has 1 saturated carbocycles. The molecule has 0 bridgehead atoms. The number of nitrogens with one attached hydrogen (secondary N) is 1. The molecule has 0 saturated heterocycles. The highest BCUT2D eigenvalue weighted by molar-refractivity contribution is 5.80. The van der Waals surface area contributed by atoms with E-state index in [9.17, 15) is 23.1 Å². The maximum atomic E-state index is 12.7. The number of carbonyl (C=O) groups is 1. The molecule has 2 N–H and O–H groups in total. The van der Waals surface area contributed by atoms with Crippen LogP contribution in [0, 0.1) is 0 Å². The second-order valence-corrected chi connectivity index (χ2v) is 5.94. The van der Waals surface area contributed by atoms with Gasteiger partial charge in [0.2, 0.25) is 5.91 Å². The van der Waals surface area contributed by atoms with Crippen molar-refractivity contribution in [3.8, 4) is 5.75 Å². The third-order valence-corrected chi connectivity index (χ3v) is 4.12. The van der Waals surface area contributed by atoms with Gasteiger partial charge in [-0.15, -0.1) is 0 Å². The normalized spacial score (nSPS) is 19.8. The van der Waals surface area contributed by atoms with Crippen LogP contribution in [-0.2, 0) is 17.4 Å². The van der Waals surface area contributed by atoms with Crippen LogP contribution in [0.2, 0.25) is 0 Å². The van der Waals surface area contributed by atoms with Crippen LogP contribution in [0.3, 0.4) is 0 Å². The van der Waals surface area contributed by atoms with Gasteiger partial charge in [-0.25, -0.2) is 0 Å². The molecule has 3 rings (SSSR count). The molecule has 1 aliphatic carbocycles. The number of carbonyl (C=O) groups excluding carboxylic acids is 1. The Kier molecular flexibility index (Phi) is 4.22. The van der Waals surface area contributed by atoms with Gasteiger partial charge in [0.25, 0.3) is 0 Å². The second kappa shape index (κ2) is 6.19. The zero-order valence-electron chi connectivity index (χ0n) is 12.7. The fourth-order valence-corrected chi connectivity index (χ4v) is 2.76. The summed E-state index contributed by atoms with van der Waals surface area (Å²) in [6, 6.07) is 11.6. The van der Waals surface area contributed by atoms with Gasteiger partial charge < -0.3 is 10.4 Å². The molecule has 0 aliphatic heterocycles. The van der Waals surface area contributed by atoms with Crippen LogP contribution in [0.5, 0.6) is 5.75 Å². The first-order chi connectivity index (χ1) is 11.3. The molecule has 2 atom stereocenters. The monoisotopic (exact) mass is 335 g/mol. The molecule has 1 aliphatic rings. The molecule has 0 radical (unpaired) electrons. The van der Waals surface area contributed by atoms with Crippen LogP contribution in [0.25, 0.3) is 0 Å². The molecule has 126 valence electrons. The minimum absolute atomic E-state index is 0.0402. The molecule has 24 heavy (non-hydrogen) atoms. The molecule has 6 heteroatoms. The van der Waals surface area contributed by atoms with E-state index in [4.69, 9.17) is 0 Å². The maximum Gasteiger partial charge on any atom is 0.416 e. The predicted molar refractivity (Wildman–Crippen MR) is 82.5 cm³/mol. The van der Waals surface area contributed by atoms with E-state index in [1.807, 2.05) is 0 Å². The lowest BCUT2D eigenvalue weighted by atomic mass is 10.1. The van der Waals surface area contributed by atoms with Gasteiger partial charge in [-0.3, -0.25) is 4.79 Å². The summed E-state index contributed by atoms with van der Waals surface area (Å²) in [5, 5.41) is 12.5. The first-order valence-electron chi connectivity index (χ1n) is 7.58. The van der Waals surface area contributed by atoms with Crippen LogP contribution < -0.4 is 5.32 Å². The lowest BCUT2D eigenvalue weighted by molar-refractivity contribution is -0.137. The zero-order chi connectivity index (χ0) is 17.3. The Labute approximate surface area is 137 Å². The Bertz CT molecular complexity index is 758. The third-order valence-electron chi connectivity index (χ3n) is 4.12. The van der Waals surface area contributed by atoms with Gasteiger partial charge in [0.1, 0.15) is 5.75 Å². The van der Waals surface area contributed by atoms with Gasteiger partial charge in [-0.2, -0.15) is 13.2 Å². The van der Waals surface area contributed by atoms with Gasteiger partial charge in [-0.05, 0) is 24.1 Å². The molecule has 2 aromatic rings. The Morgan fingerprint density at radius 1 is 1.17 bits per heavy atom. The van der Waals surface area contributed by atoms with Crippen molar-refractivity contribution in [1.29, 1.82) is 0 Å². The average Bonchev–Trinajstić information content (AvgIpc) is 3.28. The van der Waals surface area contributed by atoms with Crippen molar-refractivity contribution < 1.29 is 23.1 Å². The summed E-state index contributed by atoms with van der Waals surface area (Å²) in [6.45, 7) is 0. The van der Waals surface area contributed by atoms with E-state index in [1.165, 1.54) is 12.1 Å². The second-order valence-electron chi connectivity index (χ2n) is 5.94. The number of phenolic OH excluding ortho intramolecular Hbond substituents is 1. The van der Waals surface area contributed by atoms with Crippen molar-refractivity contribution in [2.75, 3.05) is 0 Å². The van der Waals surface area contributed by atoms with Crippen molar-refractivity contribution in [3.05, 3.63) is 65.2 Å². The fraction of sp³-hybridized carbons (Fsp3) is 0.278. The average molecular weight is 335 g/mol. The summed E-state index contributed by atoms with van der Waals surface area (Å²) in [5.41, 5.74) is 0.426. The van der Waals surface area contributed by atoms with Crippen molar-refractivity contribution in [2.45, 2.75) is 31.0 Å². The Balaban J connectivity index is 1.60. The van der Waals surface area contributed by atoms with Crippen molar-refractivity contribution in [1.82, 2.24) is 5.32 Å². The standard InChI is InChI=1S/C18H16F3NO2/c19-18(20,21)13-6-3-5-11(8-13)14-10-15(14)22-17(24)9-12-4-1-2-7-16(12)23/h1-8,14-15,23H,9-10H2,(H,22,24)/t14-,15+/m1/s1. The van der Waals surface area contributed by atoms with E-state index in [1.54, 1.807) is 24.3 Å². The zero-order valence-corrected chi connectivity index (χ0v) is 12.7. The number of alkyl halides is 3. The number of amides is 1. The topological polar surface area (TPSA) is 49.3 Å². The van der Waals surface area contributed by atoms with Gasteiger partial charge in [0.05, 0.1) is 12.0 Å². The van der Waals surface area contributed by atoms with Crippen molar-refractivity contribution in [3.63, 3.8) is 0 Å². The highest BCUT2D eigenvalue weighted by Crippen LogP contribution is 2.42. The summed E-state index contributed by atoms with van der Waals surface area (Å²) >= 11 is 0. The molecule has 1 amide bonds. The number of para-hydroxylation sites is 1. The van der Waals surface area contributed by atoms with Gasteiger partial charge in [0.15, 0.2) is 0 Å². The van der Waals surface area contributed by atoms with E-state index >= 15 is 0 Å². The quantitative estimate of drug-likeness (QED) is 0.896. The third kappa shape index (κ3) is 3.69. The summed E-state index contributed by atoms with van der Waals surface area (Å²) in [4.78, 5) is 12.0. The van der Waals surface area contributed by atoms with Gasteiger partial charge in [0, 0.05) is 17.5 Å². The number of hydrogen-bond donors (Lipinski definition) is 2. The summed E-state index contributed by atoms with van der Waals surface area (Å²) in [7, 11) is 0. The number of rotatable bonds is 4. The molecule has 2 aromatic carbocycles. The maximum absolute atomic E-state index is 12.7. The smallest absolute Gasteiger partial charge is 0.416 e. The van der Waals surface area contributed by atoms with E-state index in [2.05, 4.69) is 5.32 Å². The molecular formula is C18H16F3NO2. The van der Waals surface area contributed by atoms with Crippen LogP contribution in [0.15, 0.2) is 48.5 Å². The lowest BCUT2D eigenvalue weighted by Crippen LogP contribution is -2.28. The highest BCUT2D eigenvalue weighted by Gasteiger charge is 2.40. The molecule has 0 spiro atoms. The summed E-state index contributed by atoms with van der Waals surface area (Å²) in [5.74, 6) is -0.297. The van der Waals surface area contributed by atoms with E-state index < -0.39 is 11.7 Å². The number of aromatic hydroxyl groups is 1. The number of phenols is 1. The molecule has 0 aromatic heterocycles. The van der Waals surface area contributed by atoms with Crippen LogP contribution in [0.1, 0.15) is 29.0 Å². The van der Waals surface area contributed by atoms with E-state index in [0.717, 1.165) is 12.1 Å². The van der Waals surface area contributed by atoms with Crippen molar-refractivity contribution >= 4 is 5.91 Å². The first kappa shape index (κ1) is 16.4. The van der Waals surface area contributed by atoms with Gasteiger partial charge >= 0.3 is 6.18 Å². The van der Waals surface area contributed by atoms with Crippen LogP contribution in [-0.4, -0.2) is 17.1 Å². The lowest BCUT2D eigenvalue weighted by Gasteiger charge is -2.09. The molecule has 1 fully saturated rings. The van der Waals surface area contributed by atoms with E-state index in [-0.39, 0.29) is 30.0 Å². The molecular weight excluding hydrogens is 319 g/mol. The molecule has 0 unspecified atom stereocenters. The van der Waals surface area contributed by atoms with E-state index in [0.29, 0.717) is 17.5 Å². The molecule has 0 heterocycles. The summed E-state index contributed by atoms with van der Waals surface area (Å²) in [6.07, 6.45) is -3.71. The highest BCUT2D eigenvalue weighted by atomic mass is 19.4. The van der Waals surface area contributed by atoms with Crippen LogP contribution >= 0.6 is 0 Å². The molecule has 3 nitrogen and oxygen atoms in total. The SMILES string of the molecule is O=C(Cc1ccccc1O)N[C@H]1C[C@@H]1c1cccc(C(F)(F)F)c1. The number of hydrogen-bond acceptors (Lipinski definition) is 2. The summed E-state index contributed by atoms with van der Waals surface area (Å²) < 4.78 is 38.2. The number of halogens is 3. The first-order valence-corrected chi connectivity index (χ1v) is 7.58. The van der Waals surface area contributed by atoms with Crippen LogP contribution in [0.4, 0.5) is 13.2 Å². The minimum Gasteiger partial charge on any atom is -0.508 e. The Morgan fingerprint density at radius 2 is 1.92 bits per heavy atom. The fourth-order valence-electron chi connectivity index (χ4n) is 2.76. The van der Waals surface area contributed by atoms with Gasteiger partial charge in [-0.1, -0.05) is 36.4 Å². The minimum atomic E-state index is -4.37. The Morgan fingerprint density at radius 3 is 2.62 bits per heavy atom. The number of benzene rings is 2.